The molecular weight excluding hydrogens is 152 g/mol. The molecule has 68 valence electrons. The molecule has 0 aliphatic rings. The molecule has 0 aromatic carbocycles. The van der Waals surface area contributed by atoms with Gasteiger partial charge in [0.2, 0.25) is 5.95 Å². The van der Waals surface area contributed by atoms with E-state index >= 15 is 0 Å². The van der Waals surface area contributed by atoms with E-state index in [-0.39, 0.29) is 5.54 Å². The van der Waals surface area contributed by atoms with Gasteiger partial charge in [0.05, 0.1) is 5.54 Å². The normalized spacial score (nSPS) is 12.0. The van der Waals surface area contributed by atoms with E-state index in [1.807, 2.05) is 6.92 Å². The molecule has 0 radical (unpaired) electrons. The van der Waals surface area contributed by atoms with Gasteiger partial charge >= 0.3 is 0 Å². The van der Waals surface area contributed by atoms with Gasteiger partial charge in [0.1, 0.15) is 0 Å². The van der Waals surface area contributed by atoms with Gasteiger partial charge in [0.25, 0.3) is 0 Å². The van der Waals surface area contributed by atoms with Crippen molar-refractivity contribution in [3.63, 3.8) is 0 Å². The van der Waals surface area contributed by atoms with E-state index in [0.717, 1.165) is 12.2 Å². The van der Waals surface area contributed by atoms with Gasteiger partial charge in [-0.3, -0.25) is 0 Å². The summed E-state index contributed by atoms with van der Waals surface area (Å²) in [7, 11) is 0. The Morgan fingerprint density at radius 1 is 1.42 bits per heavy atom. The third kappa shape index (κ3) is 1.57. The Morgan fingerprint density at radius 3 is 2.25 bits per heavy atom. The molecule has 1 aromatic heterocycles. The molecule has 0 saturated carbocycles. The molecule has 0 aliphatic carbocycles. The van der Waals surface area contributed by atoms with Crippen molar-refractivity contribution in [1.29, 1.82) is 0 Å². The molecule has 0 fully saturated rings. The smallest absolute Gasteiger partial charge is 0.219 e. The molecule has 1 aromatic rings. The fourth-order valence-corrected chi connectivity index (χ4v) is 1.01. The zero-order chi connectivity index (χ0) is 9.35. The summed E-state index contributed by atoms with van der Waals surface area (Å²) < 4.78 is 1.76. The summed E-state index contributed by atoms with van der Waals surface area (Å²) >= 11 is 0. The lowest BCUT2D eigenvalue weighted by atomic mass is 10.1. The van der Waals surface area contributed by atoms with E-state index in [2.05, 4.69) is 30.9 Å². The van der Waals surface area contributed by atoms with Crippen LogP contribution in [-0.4, -0.2) is 14.8 Å². The van der Waals surface area contributed by atoms with Gasteiger partial charge in [-0.2, -0.15) is 10.1 Å². The summed E-state index contributed by atoms with van der Waals surface area (Å²) in [4.78, 5) is 4.13. The van der Waals surface area contributed by atoms with E-state index in [1.165, 1.54) is 0 Å². The van der Waals surface area contributed by atoms with Gasteiger partial charge in [0, 0.05) is 6.42 Å². The van der Waals surface area contributed by atoms with Gasteiger partial charge < -0.3 is 5.73 Å². The highest BCUT2D eigenvalue weighted by Gasteiger charge is 2.18. The predicted molar refractivity (Wildman–Crippen MR) is 48.8 cm³/mol. The Morgan fingerprint density at radius 2 is 2.00 bits per heavy atom. The second kappa shape index (κ2) is 2.77. The molecular formula is C8H16N4. The highest BCUT2D eigenvalue weighted by atomic mass is 15.4. The number of nitrogens with two attached hydrogens (primary N) is 1. The van der Waals surface area contributed by atoms with Crippen molar-refractivity contribution >= 4 is 5.95 Å². The summed E-state index contributed by atoms with van der Waals surface area (Å²) in [5.41, 5.74) is 5.61. The fraction of sp³-hybridized carbons (Fsp3) is 0.750. The second-order valence-corrected chi connectivity index (χ2v) is 3.82. The van der Waals surface area contributed by atoms with Crippen molar-refractivity contribution in [1.82, 2.24) is 14.8 Å². The maximum absolute atomic E-state index is 5.69. The number of aromatic nitrogens is 3. The second-order valence-electron chi connectivity index (χ2n) is 3.82. The Bertz CT molecular complexity index is 269. The minimum atomic E-state index is -0.0789. The van der Waals surface area contributed by atoms with Crippen LogP contribution in [0.3, 0.4) is 0 Å². The van der Waals surface area contributed by atoms with Crippen LogP contribution in [0.5, 0.6) is 0 Å². The van der Waals surface area contributed by atoms with Crippen LogP contribution in [0.1, 0.15) is 33.5 Å². The minimum absolute atomic E-state index is 0.0789. The van der Waals surface area contributed by atoms with Crippen LogP contribution in [0.4, 0.5) is 5.95 Å². The molecule has 0 atom stereocenters. The Labute approximate surface area is 72.8 Å². The van der Waals surface area contributed by atoms with Crippen molar-refractivity contribution in [2.45, 2.75) is 39.7 Å². The quantitative estimate of drug-likeness (QED) is 0.685. The van der Waals surface area contributed by atoms with Gasteiger partial charge in [0.15, 0.2) is 5.82 Å². The summed E-state index contributed by atoms with van der Waals surface area (Å²) in [6.07, 6.45) is 0.827. The Kier molecular flexibility index (Phi) is 2.08. The molecule has 0 unspecified atom stereocenters. The first kappa shape index (κ1) is 9.03. The summed E-state index contributed by atoms with van der Waals surface area (Å²) in [5, 5.41) is 4.28. The Balaban J connectivity index is 3.08. The lowest BCUT2D eigenvalue weighted by Gasteiger charge is -2.19. The molecule has 1 heterocycles. The number of nitrogens with zero attached hydrogens (tertiary/aromatic N) is 3. The van der Waals surface area contributed by atoms with E-state index < -0.39 is 0 Å². The molecule has 12 heavy (non-hydrogen) atoms. The van der Waals surface area contributed by atoms with Crippen LogP contribution in [0, 0.1) is 0 Å². The first-order valence-electron chi connectivity index (χ1n) is 4.17. The fourth-order valence-electron chi connectivity index (χ4n) is 1.01. The van der Waals surface area contributed by atoms with Crippen LogP contribution in [0.15, 0.2) is 0 Å². The number of hydrogen-bond donors (Lipinski definition) is 1. The number of hydrogen-bond acceptors (Lipinski definition) is 3. The molecule has 4 heteroatoms. The van der Waals surface area contributed by atoms with Crippen molar-refractivity contribution in [3.05, 3.63) is 5.82 Å². The van der Waals surface area contributed by atoms with E-state index in [0.29, 0.717) is 5.95 Å². The van der Waals surface area contributed by atoms with Crippen molar-refractivity contribution in [3.8, 4) is 0 Å². The third-order valence-corrected chi connectivity index (χ3v) is 1.63. The van der Waals surface area contributed by atoms with Crippen LogP contribution >= 0.6 is 0 Å². The zero-order valence-electron chi connectivity index (χ0n) is 8.13. The van der Waals surface area contributed by atoms with Crippen molar-refractivity contribution < 1.29 is 0 Å². The van der Waals surface area contributed by atoms with Gasteiger partial charge in [-0.25, -0.2) is 4.68 Å². The minimum Gasteiger partial charge on any atom is -0.368 e. The van der Waals surface area contributed by atoms with Crippen LogP contribution in [0.25, 0.3) is 0 Å². The lowest BCUT2D eigenvalue weighted by molar-refractivity contribution is 0.359. The first-order valence-corrected chi connectivity index (χ1v) is 4.17. The van der Waals surface area contributed by atoms with Gasteiger partial charge in [-0.05, 0) is 20.8 Å². The highest BCUT2D eigenvalue weighted by Crippen LogP contribution is 2.16. The molecule has 0 amide bonds. The molecule has 2 N–H and O–H groups in total. The first-order chi connectivity index (χ1) is 5.45. The van der Waals surface area contributed by atoms with Crippen molar-refractivity contribution in [2.24, 2.45) is 0 Å². The Hall–Kier alpha value is -1.06. The number of aryl methyl sites for hydroxylation is 1. The molecule has 4 nitrogen and oxygen atoms in total. The lowest BCUT2D eigenvalue weighted by Crippen LogP contribution is -2.24. The number of anilines is 1. The molecule has 0 spiro atoms. The van der Waals surface area contributed by atoms with Gasteiger partial charge in [-0.1, -0.05) is 6.92 Å². The summed E-state index contributed by atoms with van der Waals surface area (Å²) in [6.45, 7) is 8.17. The van der Waals surface area contributed by atoms with E-state index in [4.69, 9.17) is 5.73 Å². The summed E-state index contributed by atoms with van der Waals surface area (Å²) in [5.74, 6) is 1.31. The van der Waals surface area contributed by atoms with E-state index in [1.54, 1.807) is 4.68 Å². The standard InChI is InChI=1S/C8H16N4/c1-5-6-10-7(9)12(11-6)8(2,3)4/h5H2,1-4H3,(H2,9,10,11). The van der Waals surface area contributed by atoms with Crippen LogP contribution in [0.2, 0.25) is 0 Å². The largest absolute Gasteiger partial charge is 0.368 e. The third-order valence-electron chi connectivity index (χ3n) is 1.63. The summed E-state index contributed by atoms with van der Waals surface area (Å²) in [6, 6.07) is 0. The maximum atomic E-state index is 5.69. The number of nitrogen functional groups attached to an aromatic ring is 1. The monoisotopic (exact) mass is 168 g/mol. The molecule has 1 rings (SSSR count). The molecule has 0 saturated heterocycles. The average Bonchev–Trinajstić information content (AvgIpc) is 2.29. The molecule has 0 aliphatic heterocycles. The van der Waals surface area contributed by atoms with Gasteiger partial charge in [-0.15, -0.1) is 0 Å². The predicted octanol–water partition coefficient (Wildman–Crippen LogP) is 1.18. The average molecular weight is 168 g/mol. The molecule has 0 bridgehead atoms. The van der Waals surface area contributed by atoms with Crippen LogP contribution in [-0.2, 0) is 12.0 Å². The van der Waals surface area contributed by atoms with E-state index in [9.17, 15) is 0 Å². The van der Waals surface area contributed by atoms with Crippen LogP contribution < -0.4 is 5.73 Å². The topological polar surface area (TPSA) is 56.7 Å². The maximum Gasteiger partial charge on any atom is 0.219 e. The zero-order valence-corrected chi connectivity index (χ0v) is 8.13. The number of rotatable bonds is 1. The highest BCUT2D eigenvalue weighted by molar-refractivity contribution is 5.18. The van der Waals surface area contributed by atoms with Crippen molar-refractivity contribution in [2.75, 3.05) is 5.73 Å². The SMILES string of the molecule is CCc1nc(N)n(C(C)(C)C)n1.